The topological polar surface area (TPSA) is 3.24 Å². The van der Waals surface area contributed by atoms with E-state index in [4.69, 9.17) is 0 Å². The maximum absolute atomic E-state index is 2.85. The van der Waals surface area contributed by atoms with E-state index in [1.165, 1.54) is 212 Å². The molecule has 0 unspecified atom stereocenters. The van der Waals surface area contributed by atoms with E-state index in [1.807, 2.05) is 0 Å². The number of hydrogen-bond acceptors (Lipinski definition) is 1. The molecule has 0 aromatic carbocycles. The van der Waals surface area contributed by atoms with Crippen molar-refractivity contribution in [3.8, 4) is 0 Å². The Morgan fingerprint density at radius 1 is 0.308 bits per heavy atom. The van der Waals surface area contributed by atoms with Gasteiger partial charge in [-0.2, -0.15) is 0 Å². The zero-order valence-electron chi connectivity index (χ0n) is 28.4. The summed E-state index contributed by atoms with van der Waals surface area (Å²) in [5, 5.41) is 0. The fraction of sp³-hybridized carbons (Fsp3) is 1.00. The molecule has 0 rings (SSSR count). The van der Waals surface area contributed by atoms with Gasteiger partial charge in [0, 0.05) is 0 Å². The van der Waals surface area contributed by atoms with Crippen LogP contribution in [0.25, 0.3) is 0 Å². The van der Waals surface area contributed by atoms with Crippen molar-refractivity contribution in [1.82, 2.24) is 4.90 Å². The van der Waals surface area contributed by atoms with E-state index in [9.17, 15) is 0 Å². The van der Waals surface area contributed by atoms with Crippen molar-refractivity contribution in [3.63, 3.8) is 0 Å². The number of unbranched alkanes of at least 4 members (excludes halogenated alkanes) is 26. The molecule has 1 heteroatoms. The number of hydrogen-bond donors (Lipinski definition) is 0. The maximum Gasteiger partial charge on any atom is -0.00187 e. The summed E-state index contributed by atoms with van der Waals surface area (Å²) in [6.45, 7) is 13.4. The molecule has 0 heterocycles. The predicted molar refractivity (Wildman–Crippen MR) is 181 cm³/mol. The molecule has 0 saturated heterocycles. The van der Waals surface area contributed by atoms with Gasteiger partial charge in [0.25, 0.3) is 0 Å². The lowest BCUT2D eigenvalue weighted by molar-refractivity contribution is 0.254. The molecule has 0 saturated carbocycles. The second-order valence-electron chi connectivity index (χ2n) is 13.6. The van der Waals surface area contributed by atoms with E-state index in [-0.39, 0.29) is 0 Å². The normalized spacial score (nSPS) is 11.8. The van der Waals surface area contributed by atoms with Gasteiger partial charge in [0.05, 0.1) is 0 Å². The van der Waals surface area contributed by atoms with Crippen LogP contribution in [-0.2, 0) is 0 Å². The van der Waals surface area contributed by atoms with E-state index >= 15 is 0 Å². The van der Waals surface area contributed by atoms with Crippen molar-refractivity contribution in [1.29, 1.82) is 0 Å². The molecule has 39 heavy (non-hydrogen) atoms. The van der Waals surface area contributed by atoms with Gasteiger partial charge in [0.15, 0.2) is 0 Å². The molecule has 1 nitrogen and oxygen atoms in total. The minimum atomic E-state index is 0.881. The van der Waals surface area contributed by atoms with Gasteiger partial charge in [-0.1, -0.05) is 201 Å². The molecule has 236 valence electrons. The zero-order valence-corrected chi connectivity index (χ0v) is 28.4. The van der Waals surface area contributed by atoms with Gasteiger partial charge in [-0.25, -0.2) is 0 Å². The van der Waals surface area contributed by atoms with E-state index in [2.05, 4.69) is 32.6 Å². The Bertz CT molecular complexity index is 389. The average Bonchev–Trinajstić information content (AvgIpc) is 2.93. The van der Waals surface area contributed by atoms with Crippen molar-refractivity contribution >= 4 is 0 Å². The molecule has 0 N–H and O–H groups in total. The minimum absolute atomic E-state index is 0.881. The van der Waals surface area contributed by atoms with Crippen molar-refractivity contribution in [3.05, 3.63) is 0 Å². The van der Waals surface area contributed by atoms with Crippen LogP contribution in [0.15, 0.2) is 0 Å². The molecule has 0 radical (unpaired) electrons. The molecular formula is C38H79N. The van der Waals surface area contributed by atoms with Gasteiger partial charge in [0.1, 0.15) is 0 Å². The summed E-state index contributed by atoms with van der Waals surface area (Å²) in [5.41, 5.74) is 0. The number of nitrogens with zero attached hydrogens (tertiary/aromatic N) is 1. The van der Waals surface area contributed by atoms with Gasteiger partial charge < -0.3 is 4.90 Å². The lowest BCUT2D eigenvalue weighted by atomic mass is 10.0. The highest BCUT2D eigenvalue weighted by molar-refractivity contribution is 4.61. The average molecular weight is 550 g/mol. The van der Waals surface area contributed by atoms with Crippen LogP contribution < -0.4 is 0 Å². The third-order valence-electron chi connectivity index (χ3n) is 8.91. The highest BCUT2D eigenvalue weighted by Crippen LogP contribution is 2.15. The molecule has 0 aromatic rings. The van der Waals surface area contributed by atoms with Gasteiger partial charge in [-0.3, -0.25) is 0 Å². The van der Waals surface area contributed by atoms with Crippen LogP contribution in [0.5, 0.6) is 0 Å². The smallest absolute Gasteiger partial charge is 0.00187 e. The SMILES string of the molecule is CCCCCCCCCCCCCCN(CCCCCCCCCCCCCC)CCCCCCCC(C)C. The van der Waals surface area contributed by atoms with Crippen LogP contribution in [0.1, 0.15) is 220 Å². The van der Waals surface area contributed by atoms with Crippen molar-refractivity contribution in [2.75, 3.05) is 19.6 Å². The quantitative estimate of drug-likeness (QED) is 0.0721. The third kappa shape index (κ3) is 34.1. The minimum Gasteiger partial charge on any atom is -0.303 e. The first-order valence-corrected chi connectivity index (χ1v) is 18.9. The summed E-state index contributed by atoms with van der Waals surface area (Å²) in [6, 6.07) is 0. The second-order valence-corrected chi connectivity index (χ2v) is 13.6. The van der Waals surface area contributed by atoms with Crippen LogP contribution in [0.2, 0.25) is 0 Å². The molecule has 0 fully saturated rings. The van der Waals surface area contributed by atoms with Gasteiger partial charge in [-0.05, 0) is 44.8 Å². The van der Waals surface area contributed by atoms with E-state index in [1.54, 1.807) is 0 Å². The summed E-state index contributed by atoms with van der Waals surface area (Å²) < 4.78 is 0. The molecule has 0 aromatic heterocycles. The Morgan fingerprint density at radius 3 is 0.795 bits per heavy atom. The summed E-state index contributed by atoms with van der Waals surface area (Å²) in [7, 11) is 0. The van der Waals surface area contributed by atoms with Crippen molar-refractivity contribution < 1.29 is 0 Å². The zero-order chi connectivity index (χ0) is 28.5. The molecule has 0 aliphatic heterocycles. The first kappa shape index (κ1) is 39.0. The molecule has 0 amide bonds. The second kappa shape index (κ2) is 34.2. The van der Waals surface area contributed by atoms with E-state index in [0.717, 1.165) is 5.92 Å². The Kier molecular flexibility index (Phi) is 34.1. The van der Waals surface area contributed by atoms with Crippen LogP contribution in [0.3, 0.4) is 0 Å². The van der Waals surface area contributed by atoms with Crippen molar-refractivity contribution in [2.24, 2.45) is 5.92 Å². The van der Waals surface area contributed by atoms with Gasteiger partial charge in [0.2, 0.25) is 0 Å². The fourth-order valence-corrected chi connectivity index (χ4v) is 6.11. The van der Waals surface area contributed by atoms with E-state index in [0.29, 0.717) is 0 Å². The monoisotopic (exact) mass is 550 g/mol. The highest BCUT2D eigenvalue weighted by Gasteiger charge is 2.05. The molecule has 0 atom stereocenters. The summed E-state index contributed by atoms with van der Waals surface area (Å²) in [5.74, 6) is 0.881. The van der Waals surface area contributed by atoms with Gasteiger partial charge >= 0.3 is 0 Å². The Labute approximate surface area is 250 Å². The Balaban J connectivity index is 3.86. The molecule has 0 spiro atoms. The van der Waals surface area contributed by atoms with Crippen molar-refractivity contribution in [2.45, 2.75) is 220 Å². The van der Waals surface area contributed by atoms with Crippen LogP contribution >= 0.6 is 0 Å². The Hall–Kier alpha value is -0.0400. The molecule has 0 aliphatic carbocycles. The lowest BCUT2D eigenvalue weighted by Gasteiger charge is -2.22. The summed E-state index contributed by atoms with van der Waals surface area (Å²) in [6.07, 6.45) is 43.7. The third-order valence-corrected chi connectivity index (χ3v) is 8.91. The lowest BCUT2D eigenvalue weighted by Crippen LogP contribution is -2.27. The fourth-order valence-electron chi connectivity index (χ4n) is 6.11. The summed E-state index contributed by atoms with van der Waals surface area (Å²) >= 11 is 0. The molecule has 0 bridgehead atoms. The van der Waals surface area contributed by atoms with E-state index < -0.39 is 0 Å². The maximum atomic E-state index is 2.85. The standard InChI is InChI=1S/C38H79N/c1-5-7-9-11-13-15-17-19-21-23-27-31-35-39(37-33-29-25-26-30-34-38(3)4)36-32-28-24-22-20-18-16-14-12-10-8-6-2/h38H,5-37H2,1-4H3. The van der Waals surface area contributed by atoms with Gasteiger partial charge in [-0.15, -0.1) is 0 Å². The number of rotatable bonds is 34. The van der Waals surface area contributed by atoms with Crippen LogP contribution in [0.4, 0.5) is 0 Å². The highest BCUT2D eigenvalue weighted by atomic mass is 15.1. The first-order chi connectivity index (χ1) is 19.2. The van der Waals surface area contributed by atoms with Crippen LogP contribution in [0, 0.1) is 5.92 Å². The van der Waals surface area contributed by atoms with Crippen LogP contribution in [-0.4, -0.2) is 24.5 Å². The predicted octanol–water partition coefficient (Wildman–Crippen LogP) is 13.7. The summed E-state index contributed by atoms with van der Waals surface area (Å²) in [4.78, 5) is 2.85. The first-order valence-electron chi connectivity index (χ1n) is 18.9. The Morgan fingerprint density at radius 2 is 0.538 bits per heavy atom. The largest absolute Gasteiger partial charge is 0.303 e. The molecule has 0 aliphatic rings. The molecular weight excluding hydrogens is 470 g/mol.